The minimum Gasteiger partial charge on any atom is -0.508 e. The summed E-state index contributed by atoms with van der Waals surface area (Å²) in [5, 5.41) is 12.7. The Hall–Kier alpha value is -1.91. The molecular weight excluding hydrogens is 250 g/mol. The van der Waals surface area contributed by atoms with Crippen molar-refractivity contribution in [1.29, 1.82) is 0 Å². The number of phenolic OH excluding ortho intramolecular Hbond substituents is 1. The summed E-state index contributed by atoms with van der Waals surface area (Å²) in [6.07, 6.45) is 1.91. The predicted octanol–water partition coefficient (Wildman–Crippen LogP) is 1.86. The quantitative estimate of drug-likeness (QED) is 0.893. The maximum atomic E-state index is 9.30. The van der Waals surface area contributed by atoms with E-state index in [-0.39, 0.29) is 5.75 Å². The Bertz CT molecular complexity index is 545. The van der Waals surface area contributed by atoms with E-state index < -0.39 is 0 Å². The van der Waals surface area contributed by atoms with Gasteiger partial charge in [0.2, 0.25) is 0 Å². The molecule has 20 heavy (non-hydrogen) atoms. The minimum absolute atomic E-state index is 0.289. The molecule has 0 aliphatic carbocycles. The molecule has 0 spiro atoms. The third kappa shape index (κ3) is 3.15. The Morgan fingerprint density at radius 1 is 1.00 bits per heavy atom. The number of benzene rings is 1. The van der Waals surface area contributed by atoms with E-state index in [2.05, 4.69) is 27.3 Å². The van der Waals surface area contributed by atoms with Crippen molar-refractivity contribution in [2.24, 2.45) is 0 Å². The minimum atomic E-state index is 0.289. The molecule has 1 aromatic heterocycles. The molecule has 2 N–H and O–H groups in total. The van der Waals surface area contributed by atoms with E-state index in [1.165, 1.54) is 0 Å². The van der Waals surface area contributed by atoms with E-state index in [4.69, 9.17) is 0 Å². The Labute approximate surface area is 119 Å². The van der Waals surface area contributed by atoms with E-state index in [9.17, 15) is 5.11 Å². The van der Waals surface area contributed by atoms with Crippen LogP contribution in [0.15, 0.2) is 42.6 Å². The number of nitrogens with one attached hydrogen (secondary N) is 1. The van der Waals surface area contributed by atoms with Crippen LogP contribution in [0.25, 0.3) is 11.1 Å². The summed E-state index contributed by atoms with van der Waals surface area (Å²) in [4.78, 5) is 6.96. The highest BCUT2D eigenvalue weighted by Crippen LogP contribution is 2.21. The van der Waals surface area contributed by atoms with Crippen LogP contribution in [0.3, 0.4) is 0 Å². The third-order valence-electron chi connectivity index (χ3n) is 3.62. The molecule has 0 atom stereocenters. The Kier molecular flexibility index (Phi) is 3.95. The molecule has 0 amide bonds. The van der Waals surface area contributed by atoms with Crippen molar-refractivity contribution >= 4 is 0 Å². The standard InChI is InChI=1S/C16H19N3O/c20-16-5-2-13(3-6-16)14-1-4-15(18-11-14)12-19-9-7-17-8-10-19/h1-6,11,17,20H,7-10,12H2. The first kappa shape index (κ1) is 13.1. The van der Waals surface area contributed by atoms with Gasteiger partial charge in [0.25, 0.3) is 0 Å². The maximum absolute atomic E-state index is 9.30. The molecule has 1 aliphatic rings. The van der Waals surface area contributed by atoms with Crippen molar-refractivity contribution in [3.05, 3.63) is 48.3 Å². The van der Waals surface area contributed by atoms with Crippen LogP contribution in [0.4, 0.5) is 0 Å². The first-order valence-electron chi connectivity index (χ1n) is 6.99. The lowest BCUT2D eigenvalue weighted by molar-refractivity contribution is 0.231. The van der Waals surface area contributed by atoms with Gasteiger partial charge in [-0.05, 0) is 23.8 Å². The van der Waals surface area contributed by atoms with Crippen LogP contribution >= 0.6 is 0 Å². The van der Waals surface area contributed by atoms with Crippen LogP contribution in [0.1, 0.15) is 5.69 Å². The fraction of sp³-hybridized carbons (Fsp3) is 0.312. The molecule has 0 bridgehead atoms. The molecule has 1 fully saturated rings. The second-order valence-corrected chi connectivity index (χ2v) is 5.11. The van der Waals surface area contributed by atoms with Crippen LogP contribution in [0.2, 0.25) is 0 Å². The van der Waals surface area contributed by atoms with Gasteiger partial charge in [-0.2, -0.15) is 0 Å². The van der Waals surface area contributed by atoms with Gasteiger partial charge in [0.15, 0.2) is 0 Å². The van der Waals surface area contributed by atoms with E-state index in [0.29, 0.717) is 0 Å². The summed E-state index contributed by atoms with van der Waals surface area (Å²) >= 11 is 0. The predicted molar refractivity (Wildman–Crippen MR) is 79.5 cm³/mol. The molecule has 1 aromatic carbocycles. The number of pyridine rings is 1. The van der Waals surface area contributed by atoms with E-state index in [1.54, 1.807) is 12.1 Å². The Balaban J connectivity index is 1.69. The van der Waals surface area contributed by atoms with Crippen molar-refractivity contribution in [2.75, 3.05) is 26.2 Å². The average Bonchev–Trinajstić information content (AvgIpc) is 2.50. The molecule has 104 valence electrons. The van der Waals surface area contributed by atoms with Crippen LogP contribution in [-0.4, -0.2) is 41.2 Å². The summed E-state index contributed by atoms with van der Waals surface area (Å²) in [7, 11) is 0. The van der Waals surface area contributed by atoms with Gasteiger partial charge >= 0.3 is 0 Å². The first-order chi connectivity index (χ1) is 9.81. The van der Waals surface area contributed by atoms with Crippen molar-refractivity contribution in [3.8, 4) is 16.9 Å². The average molecular weight is 269 g/mol. The number of hydrogen-bond donors (Lipinski definition) is 2. The van der Waals surface area contributed by atoms with Crippen molar-refractivity contribution in [3.63, 3.8) is 0 Å². The molecule has 1 aliphatic heterocycles. The number of rotatable bonds is 3. The molecule has 1 saturated heterocycles. The number of phenols is 1. The third-order valence-corrected chi connectivity index (χ3v) is 3.62. The van der Waals surface area contributed by atoms with Gasteiger partial charge in [-0.3, -0.25) is 9.88 Å². The molecule has 2 aromatic rings. The molecule has 0 saturated carbocycles. The van der Waals surface area contributed by atoms with E-state index in [0.717, 1.165) is 49.5 Å². The molecule has 0 unspecified atom stereocenters. The highest BCUT2D eigenvalue weighted by Gasteiger charge is 2.10. The SMILES string of the molecule is Oc1ccc(-c2ccc(CN3CCNCC3)nc2)cc1. The zero-order valence-electron chi connectivity index (χ0n) is 11.4. The van der Waals surface area contributed by atoms with Gasteiger partial charge in [-0.1, -0.05) is 18.2 Å². The van der Waals surface area contributed by atoms with E-state index in [1.807, 2.05) is 18.3 Å². The lowest BCUT2D eigenvalue weighted by Gasteiger charge is -2.26. The number of aromatic hydroxyl groups is 1. The van der Waals surface area contributed by atoms with Gasteiger partial charge in [0, 0.05) is 44.5 Å². The zero-order chi connectivity index (χ0) is 13.8. The summed E-state index contributed by atoms with van der Waals surface area (Å²) in [5.74, 6) is 0.289. The zero-order valence-corrected chi connectivity index (χ0v) is 11.4. The molecule has 2 heterocycles. The van der Waals surface area contributed by atoms with Crippen molar-refractivity contribution in [2.45, 2.75) is 6.54 Å². The highest BCUT2D eigenvalue weighted by molar-refractivity contribution is 5.63. The largest absolute Gasteiger partial charge is 0.508 e. The van der Waals surface area contributed by atoms with Crippen LogP contribution < -0.4 is 5.32 Å². The summed E-state index contributed by atoms with van der Waals surface area (Å²) in [5.41, 5.74) is 3.26. The number of aromatic nitrogens is 1. The second-order valence-electron chi connectivity index (χ2n) is 5.11. The Morgan fingerprint density at radius 2 is 1.70 bits per heavy atom. The maximum Gasteiger partial charge on any atom is 0.115 e. The van der Waals surface area contributed by atoms with Crippen LogP contribution in [-0.2, 0) is 6.54 Å². The van der Waals surface area contributed by atoms with Crippen LogP contribution in [0.5, 0.6) is 5.75 Å². The van der Waals surface area contributed by atoms with E-state index >= 15 is 0 Å². The molecule has 3 rings (SSSR count). The number of piperazine rings is 1. The van der Waals surface area contributed by atoms with Crippen molar-refractivity contribution in [1.82, 2.24) is 15.2 Å². The monoisotopic (exact) mass is 269 g/mol. The topological polar surface area (TPSA) is 48.4 Å². The smallest absolute Gasteiger partial charge is 0.115 e. The van der Waals surface area contributed by atoms with Gasteiger partial charge in [0.05, 0.1) is 5.69 Å². The second kappa shape index (κ2) is 6.03. The summed E-state index contributed by atoms with van der Waals surface area (Å²) in [6.45, 7) is 5.21. The normalized spacial score (nSPS) is 16.2. The highest BCUT2D eigenvalue weighted by atomic mass is 16.3. The fourth-order valence-corrected chi connectivity index (χ4v) is 2.44. The summed E-state index contributed by atoms with van der Waals surface area (Å²) in [6, 6.07) is 11.4. The summed E-state index contributed by atoms with van der Waals surface area (Å²) < 4.78 is 0. The lowest BCUT2D eigenvalue weighted by atomic mass is 10.1. The van der Waals surface area contributed by atoms with Crippen molar-refractivity contribution < 1.29 is 5.11 Å². The first-order valence-corrected chi connectivity index (χ1v) is 6.99. The van der Waals surface area contributed by atoms with Gasteiger partial charge in [-0.25, -0.2) is 0 Å². The van der Waals surface area contributed by atoms with Gasteiger partial charge < -0.3 is 10.4 Å². The molecule has 4 heteroatoms. The van der Waals surface area contributed by atoms with Gasteiger partial charge in [0.1, 0.15) is 5.75 Å². The number of nitrogens with zero attached hydrogens (tertiary/aromatic N) is 2. The molecule has 4 nitrogen and oxygen atoms in total. The van der Waals surface area contributed by atoms with Gasteiger partial charge in [-0.15, -0.1) is 0 Å². The Morgan fingerprint density at radius 3 is 2.35 bits per heavy atom. The van der Waals surface area contributed by atoms with Crippen LogP contribution in [0, 0.1) is 0 Å². The molecular formula is C16H19N3O. The fourth-order valence-electron chi connectivity index (χ4n) is 2.44. The molecule has 0 radical (unpaired) electrons. The lowest BCUT2D eigenvalue weighted by Crippen LogP contribution is -2.43. The number of hydrogen-bond acceptors (Lipinski definition) is 4.